The molecule has 4 heteroatoms. The molecule has 0 N–H and O–H groups in total. The van der Waals surface area contributed by atoms with Crippen LogP contribution in [-0.2, 0) is 15.9 Å². The third-order valence-corrected chi connectivity index (χ3v) is 4.70. The molecule has 24 heavy (non-hydrogen) atoms. The van der Waals surface area contributed by atoms with Crippen LogP contribution in [0.15, 0.2) is 24.3 Å². The maximum Gasteiger partial charge on any atom is 0.410 e. The van der Waals surface area contributed by atoms with E-state index in [4.69, 9.17) is 9.47 Å². The number of likely N-dealkylation sites (tertiary alicyclic amines) is 1. The summed E-state index contributed by atoms with van der Waals surface area (Å²) in [5.41, 5.74) is 1.85. The number of rotatable bonds is 1. The van der Waals surface area contributed by atoms with Crippen LogP contribution in [0, 0.1) is 0 Å². The third kappa shape index (κ3) is 3.59. The molecular weight excluding hydrogens is 302 g/mol. The van der Waals surface area contributed by atoms with E-state index < -0.39 is 5.60 Å². The Bertz CT molecular complexity index is 618. The van der Waals surface area contributed by atoms with Gasteiger partial charge in [-0.3, -0.25) is 0 Å². The fourth-order valence-electron chi connectivity index (χ4n) is 3.82. The number of ether oxygens (including phenoxy) is 2. The van der Waals surface area contributed by atoms with Gasteiger partial charge in [0.1, 0.15) is 11.7 Å². The van der Waals surface area contributed by atoms with Crippen molar-refractivity contribution in [1.29, 1.82) is 0 Å². The summed E-state index contributed by atoms with van der Waals surface area (Å²) in [5.74, 6) is 0. The van der Waals surface area contributed by atoms with Gasteiger partial charge in [-0.25, -0.2) is 4.79 Å². The summed E-state index contributed by atoms with van der Waals surface area (Å²) in [7, 11) is 0. The lowest BCUT2D eigenvalue weighted by Crippen LogP contribution is -2.46. The van der Waals surface area contributed by atoms with E-state index in [9.17, 15) is 4.79 Å². The van der Waals surface area contributed by atoms with Crippen molar-refractivity contribution in [3.63, 3.8) is 0 Å². The zero-order valence-corrected chi connectivity index (χ0v) is 15.5. The van der Waals surface area contributed by atoms with Gasteiger partial charge in [-0.1, -0.05) is 24.3 Å². The summed E-state index contributed by atoms with van der Waals surface area (Å²) < 4.78 is 12.1. The quantitative estimate of drug-likeness (QED) is 0.761. The Morgan fingerprint density at radius 1 is 1.29 bits per heavy atom. The zero-order valence-electron chi connectivity index (χ0n) is 15.5. The Hall–Kier alpha value is -1.55. The second-order valence-corrected chi connectivity index (χ2v) is 8.56. The van der Waals surface area contributed by atoms with Crippen molar-refractivity contribution >= 4 is 6.09 Å². The van der Waals surface area contributed by atoms with Gasteiger partial charge < -0.3 is 14.4 Å². The first-order chi connectivity index (χ1) is 11.2. The predicted molar refractivity (Wildman–Crippen MR) is 94.0 cm³/mol. The van der Waals surface area contributed by atoms with E-state index in [-0.39, 0.29) is 23.8 Å². The van der Waals surface area contributed by atoms with Gasteiger partial charge in [0.15, 0.2) is 0 Å². The lowest BCUT2D eigenvalue weighted by atomic mass is 9.85. The number of amides is 1. The first-order valence-corrected chi connectivity index (χ1v) is 8.91. The van der Waals surface area contributed by atoms with Crippen LogP contribution in [0.1, 0.15) is 64.7 Å². The van der Waals surface area contributed by atoms with Crippen LogP contribution >= 0.6 is 0 Å². The van der Waals surface area contributed by atoms with Crippen molar-refractivity contribution in [1.82, 2.24) is 4.90 Å². The fraction of sp³-hybridized carbons (Fsp3) is 0.650. The topological polar surface area (TPSA) is 38.8 Å². The van der Waals surface area contributed by atoms with Gasteiger partial charge in [0.05, 0.1) is 11.6 Å². The normalized spacial score (nSPS) is 26.1. The number of nitrogens with zero attached hydrogens (tertiary/aromatic N) is 1. The molecule has 0 bridgehead atoms. The Balaban J connectivity index is 1.88. The van der Waals surface area contributed by atoms with Crippen LogP contribution < -0.4 is 0 Å². The largest absolute Gasteiger partial charge is 0.444 e. The highest BCUT2D eigenvalue weighted by Gasteiger charge is 2.43. The molecule has 0 saturated carbocycles. The van der Waals surface area contributed by atoms with Crippen LogP contribution in [0.25, 0.3) is 0 Å². The van der Waals surface area contributed by atoms with Crippen LogP contribution in [-0.4, -0.2) is 34.8 Å². The van der Waals surface area contributed by atoms with E-state index in [1.165, 1.54) is 11.1 Å². The molecule has 1 fully saturated rings. The fourth-order valence-corrected chi connectivity index (χ4v) is 3.82. The second-order valence-electron chi connectivity index (χ2n) is 8.56. The first kappa shape index (κ1) is 17.3. The highest BCUT2D eigenvalue weighted by Crippen LogP contribution is 2.42. The zero-order chi connectivity index (χ0) is 17.5. The molecule has 1 aromatic carbocycles. The molecule has 3 rings (SSSR count). The van der Waals surface area contributed by atoms with E-state index in [1.807, 2.05) is 25.7 Å². The molecule has 1 aromatic rings. The van der Waals surface area contributed by atoms with Gasteiger partial charge in [-0.05, 0) is 58.6 Å². The molecule has 0 aromatic heterocycles. The molecular formula is C20H29NO3. The Kier molecular flexibility index (Phi) is 4.37. The second kappa shape index (κ2) is 6.07. The van der Waals surface area contributed by atoms with Gasteiger partial charge in [0.25, 0.3) is 0 Å². The smallest absolute Gasteiger partial charge is 0.410 e. The van der Waals surface area contributed by atoms with Crippen LogP contribution in [0.2, 0.25) is 0 Å². The number of benzene rings is 1. The lowest BCUT2D eigenvalue weighted by molar-refractivity contribution is -0.112. The summed E-state index contributed by atoms with van der Waals surface area (Å²) >= 11 is 0. The van der Waals surface area contributed by atoms with Crippen molar-refractivity contribution in [2.24, 2.45) is 0 Å². The highest BCUT2D eigenvalue weighted by molar-refractivity contribution is 5.69. The van der Waals surface area contributed by atoms with Crippen molar-refractivity contribution in [2.75, 3.05) is 6.54 Å². The Morgan fingerprint density at radius 3 is 2.71 bits per heavy atom. The monoisotopic (exact) mass is 331 g/mol. The van der Waals surface area contributed by atoms with E-state index >= 15 is 0 Å². The van der Waals surface area contributed by atoms with E-state index in [0.29, 0.717) is 0 Å². The Morgan fingerprint density at radius 2 is 2.00 bits per heavy atom. The van der Waals surface area contributed by atoms with Crippen LogP contribution in [0.4, 0.5) is 4.79 Å². The van der Waals surface area contributed by atoms with Gasteiger partial charge >= 0.3 is 6.09 Å². The molecule has 0 unspecified atom stereocenters. The summed E-state index contributed by atoms with van der Waals surface area (Å²) in [6.07, 6.45) is 2.54. The average molecular weight is 331 g/mol. The van der Waals surface area contributed by atoms with Crippen LogP contribution in [0.3, 0.4) is 0 Å². The van der Waals surface area contributed by atoms with Gasteiger partial charge in [0.2, 0.25) is 0 Å². The molecule has 2 aliphatic rings. The van der Waals surface area contributed by atoms with Crippen molar-refractivity contribution < 1.29 is 14.3 Å². The standard InChI is InChI=1S/C20H29NO3/c1-19(2,3)24-18(22)21-12-8-11-16(21)17-15-10-7-6-9-14(15)13-20(4,5)23-17/h6-7,9-10,16-17H,8,11-13H2,1-5H3/t16-,17-/m0/s1. The summed E-state index contributed by atoms with van der Waals surface area (Å²) in [4.78, 5) is 14.5. The number of carbonyl (C=O) groups excluding carboxylic acids is 1. The average Bonchev–Trinajstić information content (AvgIpc) is 2.93. The van der Waals surface area contributed by atoms with Gasteiger partial charge in [-0.2, -0.15) is 0 Å². The molecule has 132 valence electrons. The minimum Gasteiger partial charge on any atom is -0.444 e. The summed E-state index contributed by atoms with van der Waals surface area (Å²) in [5, 5.41) is 0. The van der Waals surface area contributed by atoms with E-state index in [0.717, 1.165) is 25.8 Å². The Labute approximate surface area is 145 Å². The van der Waals surface area contributed by atoms with Crippen molar-refractivity contribution in [2.45, 2.75) is 77.2 Å². The molecule has 0 spiro atoms. The maximum absolute atomic E-state index is 12.6. The summed E-state index contributed by atoms with van der Waals surface area (Å²) in [6.45, 7) is 10.7. The third-order valence-electron chi connectivity index (χ3n) is 4.70. The van der Waals surface area contributed by atoms with Crippen molar-refractivity contribution in [3.05, 3.63) is 35.4 Å². The van der Waals surface area contributed by atoms with Crippen molar-refractivity contribution in [3.8, 4) is 0 Å². The molecule has 2 aliphatic heterocycles. The minimum absolute atomic E-state index is 0.0422. The molecule has 1 saturated heterocycles. The minimum atomic E-state index is -0.477. The first-order valence-electron chi connectivity index (χ1n) is 8.91. The molecule has 4 nitrogen and oxygen atoms in total. The molecule has 2 atom stereocenters. The number of hydrogen-bond acceptors (Lipinski definition) is 3. The maximum atomic E-state index is 12.6. The van der Waals surface area contributed by atoms with Crippen LogP contribution in [0.5, 0.6) is 0 Å². The number of hydrogen-bond donors (Lipinski definition) is 0. The molecule has 2 heterocycles. The molecule has 1 amide bonds. The van der Waals surface area contributed by atoms with Gasteiger partial charge in [-0.15, -0.1) is 0 Å². The lowest BCUT2D eigenvalue weighted by Gasteiger charge is -2.42. The summed E-state index contributed by atoms with van der Waals surface area (Å²) in [6, 6.07) is 8.50. The SMILES string of the molecule is CC(C)(C)OC(=O)N1CCC[C@H]1[C@H]1OC(C)(C)Cc2ccccc21. The molecule has 0 radical (unpaired) electrons. The highest BCUT2D eigenvalue weighted by atomic mass is 16.6. The van der Waals surface area contributed by atoms with E-state index in [2.05, 4.69) is 38.1 Å². The molecule has 0 aliphatic carbocycles. The van der Waals surface area contributed by atoms with E-state index in [1.54, 1.807) is 0 Å². The number of fused-ring (bicyclic) bond motifs is 1. The number of carbonyl (C=O) groups is 1. The predicted octanol–water partition coefficient (Wildman–Crippen LogP) is 4.48. The van der Waals surface area contributed by atoms with Gasteiger partial charge in [0, 0.05) is 13.0 Å².